The Morgan fingerprint density at radius 1 is 0.968 bits per heavy atom. The van der Waals surface area contributed by atoms with Crippen molar-refractivity contribution in [2.24, 2.45) is 0 Å². The highest BCUT2D eigenvalue weighted by Crippen LogP contribution is 2.27. The van der Waals surface area contributed by atoms with E-state index in [1.807, 2.05) is 43.3 Å². The number of aliphatic hydroxyl groups excluding tert-OH is 1. The lowest BCUT2D eigenvalue weighted by Crippen LogP contribution is -2.07. The van der Waals surface area contributed by atoms with Crippen LogP contribution in [0.1, 0.15) is 17.1 Å². The van der Waals surface area contributed by atoms with E-state index in [0.29, 0.717) is 33.8 Å². The van der Waals surface area contributed by atoms with Crippen molar-refractivity contribution in [3.05, 3.63) is 94.9 Å². The Morgan fingerprint density at radius 3 is 2.39 bits per heavy atom. The number of aliphatic hydroxyl groups is 1. The van der Waals surface area contributed by atoms with Crippen molar-refractivity contribution in [3.8, 4) is 22.6 Å². The van der Waals surface area contributed by atoms with Crippen LogP contribution in [0.25, 0.3) is 28.7 Å². The van der Waals surface area contributed by atoms with E-state index >= 15 is 0 Å². The first kappa shape index (κ1) is 20.7. The van der Waals surface area contributed by atoms with E-state index in [1.54, 1.807) is 36.4 Å². The number of carbonyl (C=O) groups excluding carboxylic acids is 1. The van der Waals surface area contributed by atoms with Crippen LogP contribution in [0.3, 0.4) is 0 Å². The smallest absolute Gasteiger partial charge is 0.248 e. The highest BCUT2D eigenvalue weighted by atomic mass is 35.5. The van der Waals surface area contributed by atoms with E-state index < -0.39 is 0 Å². The predicted octanol–water partition coefficient (Wildman–Crippen LogP) is 6.31. The van der Waals surface area contributed by atoms with E-state index in [2.05, 4.69) is 5.32 Å². The third-order valence-electron chi connectivity index (χ3n) is 4.74. The Balaban J connectivity index is 1.38. The summed E-state index contributed by atoms with van der Waals surface area (Å²) in [5.41, 5.74) is 3.39. The number of anilines is 1. The van der Waals surface area contributed by atoms with Gasteiger partial charge in [0, 0.05) is 27.9 Å². The second-order valence-electron chi connectivity index (χ2n) is 6.99. The molecule has 0 aliphatic rings. The number of nitrogens with one attached hydrogen (secondary N) is 1. The van der Waals surface area contributed by atoms with Crippen molar-refractivity contribution >= 4 is 29.3 Å². The van der Waals surface area contributed by atoms with Crippen molar-refractivity contribution in [3.63, 3.8) is 0 Å². The standard InChI is InChI=1S/C25H20ClNO4/c1-16-2-3-18(14-22(16)26)24-11-8-20(30-24)10-13-25(29)27-19-6-4-17(5-7-19)23-12-9-21(15-28)31-23/h2-14,28H,15H2,1H3,(H,27,29)/b13-10+. The van der Waals surface area contributed by atoms with E-state index in [1.165, 1.54) is 6.08 Å². The van der Waals surface area contributed by atoms with Gasteiger partial charge in [-0.15, -0.1) is 0 Å². The fourth-order valence-electron chi connectivity index (χ4n) is 3.02. The second kappa shape index (κ2) is 9.08. The van der Waals surface area contributed by atoms with Gasteiger partial charge in [-0.25, -0.2) is 0 Å². The van der Waals surface area contributed by atoms with Crippen LogP contribution in [0.2, 0.25) is 5.02 Å². The van der Waals surface area contributed by atoms with Crippen LogP contribution in [0.4, 0.5) is 5.69 Å². The van der Waals surface area contributed by atoms with Gasteiger partial charge < -0.3 is 19.3 Å². The number of benzene rings is 2. The van der Waals surface area contributed by atoms with Gasteiger partial charge >= 0.3 is 0 Å². The fraction of sp³-hybridized carbons (Fsp3) is 0.0800. The first-order valence-corrected chi connectivity index (χ1v) is 10.0. The lowest BCUT2D eigenvalue weighted by Gasteiger charge is -2.03. The van der Waals surface area contributed by atoms with Crippen LogP contribution in [-0.2, 0) is 11.4 Å². The van der Waals surface area contributed by atoms with Gasteiger partial charge in [-0.1, -0.05) is 23.7 Å². The monoisotopic (exact) mass is 433 g/mol. The molecule has 0 unspecified atom stereocenters. The molecule has 0 spiro atoms. The molecule has 0 saturated carbocycles. The topological polar surface area (TPSA) is 75.6 Å². The molecule has 0 radical (unpaired) electrons. The van der Waals surface area contributed by atoms with E-state index in [9.17, 15) is 4.79 Å². The summed E-state index contributed by atoms with van der Waals surface area (Å²) in [5.74, 6) is 2.13. The summed E-state index contributed by atoms with van der Waals surface area (Å²) in [7, 11) is 0. The van der Waals surface area contributed by atoms with Gasteiger partial charge in [0.2, 0.25) is 5.91 Å². The van der Waals surface area contributed by atoms with E-state index in [-0.39, 0.29) is 12.5 Å². The van der Waals surface area contributed by atoms with E-state index in [0.717, 1.165) is 16.7 Å². The van der Waals surface area contributed by atoms with Crippen LogP contribution in [0.15, 0.2) is 81.6 Å². The molecule has 0 fully saturated rings. The van der Waals surface area contributed by atoms with Crippen molar-refractivity contribution in [1.82, 2.24) is 0 Å². The number of amides is 1. The summed E-state index contributed by atoms with van der Waals surface area (Å²) in [4.78, 5) is 12.2. The number of carbonyl (C=O) groups is 1. The molecule has 4 rings (SSSR count). The zero-order valence-corrected chi connectivity index (χ0v) is 17.5. The molecule has 0 atom stereocenters. The molecule has 4 aromatic rings. The van der Waals surface area contributed by atoms with Crippen LogP contribution in [0, 0.1) is 6.92 Å². The summed E-state index contributed by atoms with van der Waals surface area (Å²) < 4.78 is 11.3. The van der Waals surface area contributed by atoms with Crippen LogP contribution < -0.4 is 5.32 Å². The first-order valence-electron chi connectivity index (χ1n) is 9.67. The van der Waals surface area contributed by atoms with E-state index in [4.69, 9.17) is 25.5 Å². The molecule has 5 nitrogen and oxygen atoms in total. The summed E-state index contributed by atoms with van der Waals surface area (Å²) in [6.45, 7) is 1.80. The molecule has 6 heteroatoms. The number of halogens is 1. The normalized spacial score (nSPS) is 11.2. The third-order valence-corrected chi connectivity index (χ3v) is 5.14. The molecule has 2 heterocycles. The summed E-state index contributed by atoms with van der Waals surface area (Å²) in [5, 5.41) is 12.6. The number of furan rings is 2. The Bertz CT molecular complexity index is 1230. The maximum Gasteiger partial charge on any atom is 0.248 e. The van der Waals surface area contributed by atoms with Gasteiger partial charge in [0.25, 0.3) is 0 Å². The van der Waals surface area contributed by atoms with Gasteiger partial charge in [-0.2, -0.15) is 0 Å². The lowest BCUT2D eigenvalue weighted by atomic mass is 10.1. The molecule has 2 N–H and O–H groups in total. The quantitative estimate of drug-likeness (QED) is 0.349. The van der Waals surface area contributed by atoms with Crippen molar-refractivity contribution in [2.75, 3.05) is 5.32 Å². The number of rotatable bonds is 6. The van der Waals surface area contributed by atoms with Gasteiger partial charge in [0.05, 0.1) is 0 Å². The molecule has 2 aromatic carbocycles. The first-order chi connectivity index (χ1) is 15.0. The molecular weight excluding hydrogens is 414 g/mol. The average Bonchev–Trinajstić information content (AvgIpc) is 3.44. The molecule has 0 aliphatic heterocycles. The lowest BCUT2D eigenvalue weighted by molar-refractivity contribution is -0.111. The minimum absolute atomic E-state index is 0.142. The molecule has 2 aromatic heterocycles. The largest absolute Gasteiger partial charge is 0.459 e. The summed E-state index contributed by atoms with van der Waals surface area (Å²) in [6.07, 6.45) is 3.03. The summed E-state index contributed by atoms with van der Waals surface area (Å²) in [6, 6.07) is 20.1. The molecule has 0 saturated heterocycles. The van der Waals surface area contributed by atoms with Gasteiger partial charge in [0.1, 0.15) is 29.6 Å². The number of aryl methyl sites for hydroxylation is 1. The zero-order chi connectivity index (χ0) is 21.8. The van der Waals surface area contributed by atoms with Crippen LogP contribution in [0.5, 0.6) is 0 Å². The molecule has 0 aliphatic carbocycles. The Hall–Kier alpha value is -3.54. The highest BCUT2D eigenvalue weighted by molar-refractivity contribution is 6.31. The van der Waals surface area contributed by atoms with Crippen molar-refractivity contribution in [2.45, 2.75) is 13.5 Å². The number of hydrogen-bond acceptors (Lipinski definition) is 4. The van der Waals surface area contributed by atoms with Gasteiger partial charge in [-0.3, -0.25) is 4.79 Å². The van der Waals surface area contributed by atoms with Crippen molar-refractivity contribution in [1.29, 1.82) is 0 Å². The molecule has 31 heavy (non-hydrogen) atoms. The zero-order valence-electron chi connectivity index (χ0n) is 16.8. The fourth-order valence-corrected chi connectivity index (χ4v) is 3.20. The average molecular weight is 434 g/mol. The summed E-state index contributed by atoms with van der Waals surface area (Å²) >= 11 is 6.18. The maximum atomic E-state index is 12.2. The predicted molar refractivity (Wildman–Crippen MR) is 122 cm³/mol. The van der Waals surface area contributed by atoms with Gasteiger partial charge in [0.15, 0.2) is 0 Å². The molecule has 156 valence electrons. The Morgan fingerprint density at radius 2 is 1.68 bits per heavy atom. The minimum atomic E-state index is -0.273. The Labute approximate surface area is 184 Å². The molecular formula is C25H20ClNO4. The van der Waals surface area contributed by atoms with Crippen LogP contribution in [-0.4, -0.2) is 11.0 Å². The number of hydrogen-bond donors (Lipinski definition) is 2. The maximum absolute atomic E-state index is 12.2. The molecule has 0 bridgehead atoms. The second-order valence-corrected chi connectivity index (χ2v) is 7.40. The Kier molecular flexibility index (Phi) is 6.07. The van der Waals surface area contributed by atoms with Gasteiger partial charge in [-0.05, 0) is 73.2 Å². The SMILES string of the molecule is Cc1ccc(-c2ccc(/C=C/C(=O)Nc3ccc(-c4ccc(CO)o4)cc3)o2)cc1Cl. The third kappa shape index (κ3) is 4.97. The van der Waals surface area contributed by atoms with Crippen LogP contribution >= 0.6 is 11.6 Å². The minimum Gasteiger partial charge on any atom is -0.459 e. The van der Waals surface area contributed by atoms with Crippen molar-refractivity contribution < 1.29 is 18.7 Å². The molecule has 1 amide bonds. The highest BCUT2D eigenvalue weighted by Gasteiger charge is 2.07.